The molecule has 0 fully saturated rings. The average molecular weight is 439 g/mol. The monoisotopic (exact) mass is 438 g/mol. The molecule has 0 aliphatic heterocycles. The second kappa shape index (κ2) is 18.5. The van der Waals surface area contributed by atoms with Gasteiger partial charge >= 0.3 is 11.9 Å². The number of carbonyl (C=O) groups is 2. The van der Waals surface area contributed by atoms with E-state index in [2.05, 4.69) is 0 Å². The fraction of sp³-hybridized carbons (Fsp3) is 0.905. The maximum Gasteiger partial charge on any atom is 0.332 e. The molecule has 0 atom stereocenters. The summed E-state index contributed by atoms with van der Waals surface area (Å²) in [6.45, 7) is 15.5. The van der Waals surface area contributed by atoms with Crippen molar-refractivity contribution in [2.45, 2.75) is 66.1 Å². The number of esters is 2. The zero-order valence-corrected chi connectivity index (χ0v) is 19.8. The van der Waals surface area contributed by atoms with Gasteiger partial charge in [-0.3, -0.25) is 0 Å². The summed E-state index contributed by atoms with van der Waals surface area (Å²) in [5, 5.41) is 8.40. The van der Waals surface area contributed by atoms with Crippen molar-refractivity contribution in [2.24, 2.45) is 0 Å². The van der Waals surface area contributed by atoms with E-state index < -0.39 is 11.2 Å². The van der Waals surface area contributed by atoms with Gasteiger partial charge in [-0.25, -0.2) is 9.59 Å². The number of hydrogen-bond acceptors (Lipinski definition) is 9. The highest BCUT2D eigenvalue weighted by Gasteiger charge is 2.16. The minimum absolute atomic E-state index is 0.00719. The summed E-state index contributed by atoms with van der Waals surface area (Å²) in [6, 6.07) is 0. The van der Waals surface area contributed by atoms with Crippen molar-refractivity contribution in [3.05, 3.63) is 0 Å². The average Bonchev–Trinajstić information content (AvgIpc) is 2.58. The largest absolute Gasteiger partial charge is 0.458 e. The molecule has 9 nitrogen and oxygen atoms in total. The molecule has 0 amide bonds. The Labute approximate surface area is 181 Å². The van der Waals surface area contributed by atoms with Crippen molar-refractivity contribution in [3.63, 3.8) is 0 Å². The van der Waals surface area contributed by atoms with Crippen LogP contribution in [-0.2, 0) is 38.0 Å². The quantitative estimate of drug-likeness (QED) is 0.322. The highest BCUT2D eigenvalue weighted by molar-refractivity contribution is 5.71. The molecule has 0 saturated carbocycles. The van der Waals surface area contributed by atoms with Crippen LogP contribution in [0.3, 0.4) is 0 Å². The molecule has 0 bridgehead atoms. The highest BCUT2D eigenvalue weighted by atomic mass is 16.6. The van der Waals surface area contributed by atoms with Gasteiger partial charge in [-0.15, -0.1) is 0 Å². The molecule has 0 heterocycles. The fourth-order valence-electron chi connectivity index (χ4n) is 1.70. The minimum atomic E-state index is -0.478. The first-order valence-electron chi connectivity index (χ1n) is 10.3. The van der Waals surface area contributed by atoms with Crippen molar-refractivity contribution in [1.29, 1.82) is 0 Å². The fourth-order valence-corrected chi connectivity index (χ4v) is 1.70. The van der Waals surface area contributed by atoms with Crippen LogP contribution in [0.4, 0.5) is 0 Å². The summed E-state index contributed by atoms with van der Waals surface area (Å²) >= 11 is 0. The topological polar surface area (TPSA) is 110 Å². The maximum atomic E-state index is 11.2. The molecule has 0 spiro atoms. The Morgan fingerprint density at radius 1 is 0.633 bits per heavy atom. The third-order valence-electron chi connectivity index (χ3n) is 2.61. The van der Waals surface area contributed by atoms with Gasteiger partial charge in [0, 0.05) is 6.61 Å². The Morgan fingerprint density at radius 2 is 1.00 bits per heavy atom. The van der Waals surface area contributed by atoms with Crippen LogP contribution in [0, 0.1) is 0 Å². The number of rotatable bonds is 14. The molecule has 0 unspecified atom stereocenters. The van der Waals surface area contributed by atoms with E-state index in [0.717, 1.165) is 13.0 Å². The molecule has 0 aliphatic carbocycles. The summed E-state index contributed by atoms with van der Waals surface area (Å²) in [6.07, 6.45) is 0.992. The number of ether oxygens (including phenoxy) is 6. The van der Waals surface area contributed by atoms with Crippen molar-refractivity contribution >= 4 is 11.9 Å². The molecule has 0 aromatic rings. The Morgan fingerprint density at radius 3 is 1.33 bits per heavy atom. The number of aliphatic hydroxyl groups is 1. The van der Waals surface area contributed by atoms with E-state index in [1.165, 1.54) is 0 Å². The molecule has 9 heteroatoms. The maximum absolute atomic E-state index is 11.2. The molecular formula is C21H42O9. The van der Waals surface area contributed by atoms with E-state index in [4.69, 9.17) is 33.5 Å². The molecule has 0 aromatic heterocycles. The van der Waals surface area contributed by atoms with Gasteiger partial charge < -0.3 is 33.5 Å². The zero-order valence-electron chi connectivity index (χ0n) is 19.8. The van der Waals surface area contributed by atoms with Gasteiger partial charge in [0.15, 0.2) is 0 Å². The first-order valence-corrected chi connectivity index (χ1v) is 10.3. The number of carbonyl (C=O) groups excluding carboxylic acids is 2. The molecule has 0 radical (unpaired) electrons. The molecule has 0 rings (SSSR count). The molecular weight excluding hydrogens is 396 g/mol. The predicted octanol–water partition coefficient (Wildman–Crippen LogP) is 2.12. The van der Waals surface area contributed by atoms with E-state index in [1.807, 2.05) is 27.7 Å². The summed E-state index contributed by atoms with van der Waals surface area (Å²) in [5.74, 6) is -0.720. The van der Waals surface area contributed by atoms with Crippen molar-refractivity contribution in [1.82, 2.24) is 0 Å². The third kappa shape index (κ3) is 28.9. The van der Waals surface area contributed by atoms with Gasteiger partial charge in [0.25, 0.3) is 0 Å². The van der Waals surface area contributed by atoms with Crippen LogP contribution in [0.25, 0.3) is 0 Å². The standard InChI is InChI=1S/C11H22O4.C10H20O5/c1-5-6-13-7-8-14-9-10(12)15-11(2,3)4;1-10(2,3)15-9(12)8-14-7-6-13-5-4-11/h5-9H2,1-4H3;11H,4-8H2,1-3H3. The van der Waals surface area contributed by atoms with E-state index in [-0.39, 0.29) is 38.4 Å². The van der Waals surface area contributed by atoms with E-state index >= 15 is 0 Å². The molecule has 0 aromatic carbocycles. The highest BCUT2D eigenvalue weighted by Crippen LogP contribution is 2.07. The Bertz CT molecular complexity index is 385. The van der Waals surface area contributed by atoms with Crippen LogP contribution in [0.1, 0.15) is 54.9 Å². The summed E-state index contributed by atoms with van der Waals surface area (Å²) < 4.78 is 30.3. The van der Waals surface area contributed by atoms with Gasteiger partial charge in [-0.05, 0) is 48.0 Å². The Hall–Kier alpha value is -1.26. The minimum Gasteiger partial charge on any atom is -0.458 e. The van der Waals surface area contributed by atoms with Crippen molar-refractivity contribution < 1.29 is 43.1 Å². The van der Waals surface area contributed by atoms with Crippen LogP contribution in [0.5, 0.6) is 0 Å². The second-order valence-electron chi connectivity index (χ2n) is 8.23. The van der Waals surface area contributed by atoms with Crippen molar-refractivity contribution in [2.75, 3.05) is 59.5 Å². The lowest BCUT2D eigenvalue weighted by Gasteiger charge is -2.19. The van der Waals surface area contributed by atoms with E-state index in [1.54, 1.807) is 20.8 Å². The molecule has 0 aliphatic rings. The van der Waals surface area contributed by atoms with E-state index in [9.17, 15) is 9.59 Å². The second-order valence-corrected chi connectivity index (χ2v) is 8.23. The first-order chi connectivity index (χ1) is 13.9. The Balaban J connectivity index is 0. The van der Waals surface area contributed by atoms with Crippen LogP contribution in [0.2, 0.25) is 0 Å². The molecule has 1 N–H and O–H groups in total. The van der Waals surface area contributed by atoms with Gasteiger partial charge in [0.1, 0.15) is 24.4 Å². The van der Waals surface area contributed by atoms with Gasteiger partial charge in [0.2, 0.25) is 0 Å². The molecule has 180 valence electrons. The lowest BCUT2D eigenvalue weighted by Crippen LogP contribution is -2.27. The SMILES string of the molecule is CC(C)(C)OC(=O)COCCOCCO.CCCOCCOCC(=O)OC(C)(C)C. The normalized spacial score (nSPS) is 11.5. The van der Waals surface area contributed by atoms with Gasteiger partial charge in [-0.1, -0.05) is 6.92 Å². The van der Waals surface area contributed by atoms with Crippen molar-refractivity contribution in [3.8, 4) is 0 Å². The summed E-state index contributed by atoms with van der Waals surface area (Å²) in [7, 11) is 0. The molecule has 30 heavy (non-hydrogen) atoms. The Kier molecular flexibility index (Phi) is 19.1. The number of hydrogen-bond donors (Lipinski definition) is 1. The van der Waals surface area contributed by atoms with Gasteiger partial charge in [-0.2, -0.15) is 0 Å². The third-order valence-corrected chi connectivity index (χ3v) is 2.61. The lowest BCUT2D eigenvalue weighted by molar-refractivity contribution is -0.161. The summed E-state index contributed by atoms with van der Waals surface area (Å²) in [4.78, 5) is 22.3. The van der Waals surface area contributed by atoms with Crippen LogP contribution in [0.15, 0.2) is 0 Å². The van der Waals surface area contributed by atoms with Crippen LogP contribution in [-0.4, -0.2) is 87.7 Å². The van der Waals surface area contributed by atoms with Crippen LogP contribution < -0.4 is 0 Å². The smallest absolute Gasteiger partial charge is 0.332 e. The first kappa shape index (κ1) is 30.9. The zero-order chi connectivity index (χ0) is 23.5. The van der Waals surface area contributed by atoms with Gasteiger partial charge in [0.05, 0.1) is 39.6 Å². The van der Waals surface area contributed by atoms with E-state index in [0.29, 0.717) is 26.4 Å². The van der Waals surface area contributed by atoms with Crippen LogP contribution >= 0.6 is 0 Å². The lowest BCUT2D eigenvalue weighted by atomic mass is 10.2. The number of aliphatic hydroxyl groups excluding tert-OH is 1. The predicted molar refractivity (Wildman–Crippen MR) is 112 cm³/mol. The molecule has 0 saturated heterocycles. The summed E-state index contributed by atoms with van der Waals surface area (Å²) in [5.41, 5.74) is -0.924.